The van der Waals surface area contributed by atoms with Gasteiger partial charge < -0.3 is 19.8 Å². The van der Waals surface area contributed by atoms with E-state index in [1.54, 1.807) is 0 Å². The third-order valence-electron chi connectivity index (χ3n) is 3.20. The van der Waals surface area contributed by atoms with Crippen LogP contribution in [0, 0.1) is 0 Å². The number of nitrogens with one attached hydrogen (secondary N) is 4. The molecule has 0 saturated carbocycles. The fourth-order valence-corrected chi connectivity index (χ4v) is 2.13. The van der Waals surface area contributed by atoms with Crippen molar-refractivity contribution in [1.29, 1.82) is 0 Å². The van der Waals surface area contributed by atoms with E-state index in [0.717, 1.165) is 25.5 Å². The van der Waals surface area contributed by atoms with Gasteiger partial charge in [-0.15, -0.1) is 0 Å². The van der Waals surface area contributed by atoms with Crippen molar-refractivity contribution in [2.24, 2.45) is 0 Å². The number of carbonyl (C=O) groups is 2. The number of benzene rings is 2. The molecule has 0 fully saturated rings. The first-order chi connectivity index (χ1) is 14.4. The second-order valence-electron chi connectivity index (χ2n) is 5.71. The van der Waals surface area contributed by atoms with Gasteiger partial charge in [-0.05, 0) is 38.1 Å². The number of H-pyrrole nitrogens is 4. The van der Waals surface area contributed by atoms with E-state index < -0.39 is 11.9 Å². The minimum atomic E-state index is -1.08. The van der Waals surface area contributed by atoms with Gasteiger partial charge in [0, 0.05) is 11.9 Å². The molecule has 2 heterocycles. The van der Waals surface area contributed by atoms with Gasteiger partial charge in [0.1, 0.15) is 24.8 Å². The highest BCUT2D eigenvalue weighted by molar-refractivity contribution is 5.60. The topological polar surface area (TPSA) is 140 Å². The van der Waals surface area contributed by atoms with Crippen molar-refractivity contribution in [3.05, 3.63) is 85.5 Å². The zero-order valence-corrected chi connectivity index (χ0v) is 16.7. The number of imidazole rings is 2. The van der Waals surface area contributed by atoms with Crippen molar-refractivity contribution in [2.45, 2.75) is 13.8 Å². The van der Waals surface area contributed by atoms with E-state index in [-0.39, 0.29) is 0 Å². The Kier molecular flexibility index (Phi) is 11.0. The highest BCUT2D eigenvalue weighted by Crippen LogP contribution is 2.10. The molecule has 0 aliphatic carbocycles. The Hall–Kier alpha value is -4.20. The van der Waals surface area contributed by atoms with Crippen LogP contribution in [0.25, 0.3) is 22.8 Å². The summed E-state index contributed by atoms with van der Waals surface area (Å²) in [5, 5.41) is 17.8. The summed E-state index contributed by atoms with van der Waals surface area (Å²) in [6.07, 6.45) is 7.51. The lowest BCUT2D eigenvalue weighted by atomic mass is 10.2. The van der Waals surface area contributed by atoms with Crippen LogP contribution in [-0.4, -0.2) is 21.9 Å². The standard InChI is InChI=1S/2C9H8N2.2C2H4O2/c2*1-2-4-8(5-3-1)9-10-6-7-11-9;2*1-2(3)4/h2*1-7H,(H,10,11);2*1H3,(H,3,4). The number of aromatic amines is 4. The molecule has 0 radical (unpaired) electrons. The van der Waals surface area contributed by atoms with Gasteiger partial charge in [0.05, 0.1) is 11.1 Å². The molecule has 0 unspecified atom stereocenters. The molecule has 4 rings (SSSR count). The van der Waals surface area contributed by atoms with Crippen molar-refractivity contribution in [1.82, 2.24) is 9.97 Å². The second kappa shape index (κ2) is 13.9. The monoisotopic (exact) mass is 408 g/mol. The fraction of sp³-hybridized carbons (Fsp3) is 0.0909. The van der Waals surface area contributed by atoms with Crippen molar-refractivity contribution < 1.29 is 29.8 Å². The summed E-state index contributed by atoms with van der Waals surface area (Å²) in [4.78, 5) is 30.2. The largest absolute Gasteiger partial charge is 0.550 e. The Morgan fingerprint density at radius 2 is 0.967 bits per heavy atom. The van der Waals surface area contributed by atoms with E-state index in [1.165, 1.54) is 11.1 Å². The van der Waals surface area contributed by atoms with E-state index in [9.17, 15) is 0 Å². The van der Waals surface area contributed by atoms with Gasteiger partial charge in [-0.1, -0.05) is 36.4 Å². The van der Waals surface area contributed by atoms with Crippen LogP contribution in [0.1, 0.15) is 13.8 Å². The van der Waals surface area contributed by atoms with Crippen LogP contribution >= 0.6 is 0 Å². The molecular formula is C22H24N4O4. The number of carbonyl (C=O) groups excluding carboxylic acids is 2. The summed E-state index contributed by atoms with van der Waals surface area (Å²) in [5.41, 5.74) is 2.36. The Balaban J connectivity index is 0.000000224. The van der Waals surface area contributed by atoms with E-state index in [0.29, 0.717) is 0 Å². The zero-order valence-electron chi connectivity index (χ0n) is 16.7. The number of aliphatic carboxylic acids is 2. The van der Waals surface area contributed by atoms with Crippen LogP contribution in [0.4, 0.5) is 0 Å². The van der Waals surface area contributed by atoms with E-state index in [4.69, 9.17) is 19.8 Å². The van der Waals surface area contributed by atoms with Crippen LogP contribution in [0.3, 0.4) is 0 Å². The quantitative estimate of drug-likeness (QED) is 0.498. The average molecular weight is 408 g/mol. The summed E-state index contributed by atoms with van der Waals surface area (Å²) in [6, 6.07) is 20.3. The van der Waals surface area contributed by atoms with Gasteiger partial charge in [0.25, 0.3) is 11.6 Å². The molecule has 2 aromatic heterocycles. The molecule has 4 aromatic rings. The fourth-order valence-electron chi connectivity index (χ4n) is 2.13. The van der Waals surface area contributed by atoms with Gasteiger partial charge in [0.15, 0.2) is 0 Å². The molecule has 0 atom stereocenters. The Morgan fingerprint density at radius 3 is 1.20 bits per heavy atom. The minimum absolute atomic E-state index is 0.972. The molecule has 8 nitrogen and oxygen atoms in total. The molecule has 2 aromatic carbocycles. The van der Waals surface area contributed by atoms with Gasteiger partial charge in [-0.3, -0.25) is 0 Å². The predicted molar refractivity (Wildman–Crippen MR) is 107 cm³/mol. The molecule has 0 aliphatic heterocycles. The molecule has 0 aliphatic rings. The first-order valence-electron chi connectivity index (χ1n) is 8.96. The zero-order chi connectivity index (χ0) is 22.2. The van der Waals surface area contributed by atoms with E-state index in [1.807, 2.05) is 61.2 Å². The SMILES string of the molecule is CC(=O)[O-].CC(=O)[O-].c1ccc(-c2[nH]cc[nH+]2)cc1.c1ccc(-c2[nH]cc[nH+]2)cc1. The Labute approximate surface area is 174 Å². The van der Waals surface area contributed by atoms with Crippen molar-refractivity contribution in [3.8, 4) is 22.8 Å². The molecule has 0 spiro atoms. The third kappa shape index (κ3) is 10.8. The maximum absolute atomic E-state index is 8.89. The molecule has 0 bridgehead atoms. The van der Waals surface area contributed by atoms with Gasteiger partial charge in [0.2, 0.25) is 0 Å². The van der Waals surface area contributed by atoms with Crippen molar-refractivity contribution in [2.75, 3.05) is 0 Å². The lowest BCUT2D eigenvalue weighted by molar-refractivity contribution is -0.362. The Bertz CT molecular complexity index is 865. The Morgan fingerprint density at radius 1 is 0.667 bits per heavy atom. The van der Waals surface area contributed by atoms with Crippen molar-refractivity contribution >= 4 is 11.9 Å². The second-order valence-corrected chi connectivity index (χ2v) is 5.71. The first-order valence-corrected chi connectivity index (χ1v) is 8.96. The van der Waals surface area contributed by atoms with Crippen LogP contribution in [-0.2, 0) is 9.59 Å². The van der Waals surface area contributed by atoms with E-state index >= 15 is 0 Å². The summed E-state index contributed by atoms with van der Waals surface area (Å²) < 4.78 is 0. The average Bonchev–Trinajstić information content (AvgIpc) is 3.43. The van der Waals surface area contributed by atoms with Crippen molar-refractivity contribution in [3.63, 3.8) is 0 Å². The maximum Gasteiger partial charge on any atom is 0.284 e. The van der Waals surface area contributed by atoms with Crippen LogP contribution < -0.4 is 20.2 Å². The van der Waals surface area contributed by atoms with Crippen LogP contribution in [0.5, 0.6) is 0 Å². The first kappa shape index (κ1) is 23.8. The number of carboxylic acid groups (broad SMARTS) is 2. The summed E-state index contributed by atoms with van der Waals surface area (Å²) >= 11 is 0. The smallest absolute Gasteiger partial charge is 0.284 e. The maximum atomic E-state index is 8.89. The molecule has 30 heavy (non-hydrogen) atoms. The third-order valence-corrected chi connectivity index (χ3v) is 3.20. The highest BCUT2D eigenvalue weighted by atomic mass is 16.4. The molecule has 4 N–H and O–H groups in total. The number of carboxylic acids is 2. The molecular weight excluding hydrogens is 384 g/mol. The lowest BCUT2D eigenvalue weighted by Crippen LogP contribution is -2.16. The summed E-state index contributed by atoms with van der Waals surface area (Å²) in [6.45, 7) is 1.94. The van der Waals surface area contributed by atoms with Crippen LogP contribution in [0.2, 0.25) is 0 Å². The summed E-state index contributed by atoms with van der Waals surface area (Å²) in [7, 11) is 0. The molecule has 8 heteroatoms. The predicted octanol–water partition coefficient (Wildman–Crippen LogP) is 0.504. The normalized spacial score (nSPS) is 8.87. The van der Waals surface area contributed by atoms with Gasteiger partial charge in [-0.25, -0.2) is 19.9 Å². The molecule has 0 saturated heterocycles. The molecule has 0 amide bonds. The summed E-state index contributed by atoms with van der Waals surface area (Å²) in [5.74, 6) is -0.0730. The number of aromatic nitrogens is 4. The minimum Gasteiger partial charge on any atom is -0.550 e. The number of hydrogen-bond donors (Lipinski definition) is 2. The lowest BCUT2D eigenvalue weighted by Gasteiger charge is -1.87. The number of hydrogen-bond acceptors (Lipinski definition) is 4. The molecule has 156 valence electrons. The van der Waals surface area contributed by atoms with Crippen LogP contribution in [0.15, 0.2) is 85.5 Å². The number of rotatable bonds is 2. The van der Waals surface area contributed by atoms with Gasteiger partial charge in [-0.2, -0.15) is 0 Å². The van der Waals surface area contributed by atoms with Gasteiger partial charge >= 0.3 is 0 Å². The van der Waals surface area contributed by atoms with E-state index in [2.05, 4.69) is 44.2 Å². The highest BCUT2D eigenvalue weighted by Gasteiger charge is 2.02.